The van der Waals surface area contributed by atoms with E-state index in [1.807, 2.05) is 0 Å². The van der Waals surface area contributed by atoms with E-state index >= 15 is 0 Å². The average Bonchev–Trinajstić information content (AvgIpc) is 3.24. The molecule has 110 valence electrons. The molecule has 0 spiro atoms. The molecule has 3 rings (SSSR count). The number of benzene rings is 1. The third kappa shape index (κ3) is 3.05. The summed E-state index contributed by atoms with van der Waals surface area (Å²) in [5, 5.41) is 0. The molecule has 0 amide bonds. The second-order valence-corrected chi connectivity index (χ2v) is 6.71. The molecule has 2 aliphatic rings. The van der Waals surface area contributed by atoms with E-state index in [0.29, 0.717) is 23.9 Å². The number of piperazine rings is 1. The van der Waals surface area contributed by atoms with Crippen LogP contribution in [0.5, 0.6) is 0 Å². The molecular formula is C17H27N3. The number of likely N-dealkylation sites (N-methyl/N-ethyl adjacent to an activating group) is 2. The lowest BCUT2D eigenvalue weighted by molar-refractivity contribution is 0.102. The first kappa shape index (κ1) is 14.1. The van der Waals surface area contributed by atoms with Crippen molar-refractivity contribution in [3.05, 3.63) is 35.9 Å². The summed E-state index contributed by atoms with van der Waals surface area (Å²) in [6.45, 7) is 3.51. The fourth-order valence-electron chi connectivity index (χ4n) is 3.62. The van der Waals surface area contributed by atoms with Crippen LogP contribution in [0.4, 0.5) is 0 Å². The van der Waals surface area contributed by atoms with Gasteiger partial charge in [-0.3, -0.25) is 0 Å². The van der Waals surface area contributed by atoms with Crippen molar-refractivity contribution in [2.24, 2.45) is 11.7 Å². The minimum Gasteiger partial charge on any atom is -0.327 e. The summed E-state index contributed by atoms with van der Waals surface area (Å²) in [5.74, 6) is 1.40. The Bertz CT molecular complexity index is 433. The van der Waals surface area contributed by atoms with Crippen molar-refractivity contribution >= 4 is 0 Å². The largest absolute Gasteiger partial charge is 0.327 e. The molecule has 0 bridgehead atoms. The molecule has 3 nitrogen and oxygen atoms in total. The molecule has 1 aliphatic heterocycles. The predicted molar refractivity (Wildman–Crippen MR) is 83.8 cm³/mol. The maximum absolute atomic E-state index is 6.50. The van der Waals surface area contributed by atoms with E-state index in [-0.39, 0.29) is 0 Å². The third-order valence-corrected chi connectivity index (χ3v) is 5.14. The summed E-state index contributed by atoms with van der Waals surface area (Å²) in [7, 11) is 4.46. The number of nitrogens with zero attached hydrogens (tertiary/aromatic N) is 2. The second kappa shape index (κ2) is 5.84. The summed E-state index contributed by atoms with van der Waals surface area (Å²) in [6, 6.07) is 11.8. The molecule has 1 saturated heterocycles. The highest BCUT2D eigenvalue weighted by molar-refractivity contribution is 5.26. The maximum Gasteiger partial charge on any atom is 0.0235 e. The van der Waals surface area contributed by atoms with Crippen LogP contribution < -0.4 is 5.73 Å². The monoisotopic (exact) mass is 273 g/mol. The maximum atomic E-state index is 6.50. The van der Waals surface area contributed by atoms with Crippen molar-refractivity contribution in [2.75, 3.05) is 33.7 Å². The van der Waals surface area contributed by atoms with Crippen molar-refractivity contribution in [2.45, 2.75) is 30.8 Å². The molecule has 1 aromatic carbocycles. The first-order valence-electron chi connectivity index (χ1n) is 7.84. The standard InChI is InChI=1S/C17H27N3/c1-19-8-9-20(2)14(12-19)10-17(18)16-11-15(16)13-6-4-3-5-7-13/h3-7,14-17H,8-12,18H2,1-2H3. The van der Waals surface area contributed by atoms with E-state index in [0.717, 1.165) is 13.0 Å². The van der Waals surface area contributed by atoms with Gasteiger partial charge in [-0.05, 0) is 44.3 Å². The molecule has 1 saturated carbocycles. The van der Waals surface area contributed by atoms with E-state index < -0.39 is 0 Å². The Morgan fingerprint density at radius 1 is 1.20 bits per heavy atom. The van der Waals surface area contributed by atoms with E-state index in [1.165, 1.54) is 25.1 Å². The minimum absolute atomic E-state index is 0.346. The molecule has 1 aromatic rings. The van der Waals surface area contributed by atoms with Crippen LogP contribution >= 0.6 is 0 Å². The predicted octanol–water partition coefficient (Wildman–Crippen LogP) is 1.75. The van der Waals surface area contributed by atoms with Crippen LogP contribution in [0, 0.1) is 5.92 Å². The van der Waals surface area contributed by atoms with Gasteiger partial charge in [-0.1, -0.05) is 30.3 Å². The van der Waals surface area contributed by atoms with E-state index in [2.05, 4.69) is 54.2 Å². The van der Waals surface area contributed by atoms with E-state index in [9.17, 15) is 0 Å². The molecule has 20 heavy (non-hydrogen) atoms. The summed E-state index contributed by atoms with van der Waals surface area (Å²) in [4.78, 5) is 4.92. The number of hydrogen-bond acceptors (Lipinski definition) is 3. The van der Waals surface area contributed by atoms with Gasteiger partial charge >= 0.3 is 0 Å². The minimum atomic E-state index is 0.346. The van der Waals surface area contributed by atoms with Gasteiger partial charge in [-0.2, -0.15) is 0 Å². The van der Waals surface area contributed by atoms with Crippen LogP contribution in [-0.4, -0.2) is 55.6 Å². The third-order valence-electron chi connectivity index (χ3n) is 5.14. The van der Waals surface area contributed by atoms with Gasteiger partial charge in [0.25, 0.3) is 0 Å². The highest BCUT2D eigenvalue weighted by Crippen LogP contribution is 2.49. The van der Waals surface area contributed by atoms with Crippen LogP contribution in [0.15, 0.2) is 30.3 Å². The van der Waals surface area contributed by atoms with Crippen molar-refractivity contribution in [3.63, 3.8) is 0 Å². The zero-order valence-corrected chi connectivity index (χ0v) is 12.7. The molecule has 4 unspecified atom stereocenters. The van der Waals surface area contributed by atoms with Crippen molar-refractivity contribution in [3.8, 4) is 0 Å². The molecule has 4 atom stereocenters. The smallest absolute Gasteiger partial charge is 0.0235 e. The Hall–Kier alpha value is -0.900. The molecule has 1 aliphatic carbocycles. The lowest BCUT2D eigenvalue weighted by Gasteiger charge is -2.39. The molecular weight excluding hydrogens is 246 g/mol. The second-order valence-electron chi connectivity index (χ2n) is 6.71. The van der Waals surface area contributed by atoms with E-state index in [4.69, 9.17) is 5.73 Å². The van der Waals surface area contributed by atoms with Crippen molar-refractivity contribution in [1.82, 2.24) is 9.80 Å². The molecule has 2 fully saturated rings. The molecule has 2 N–H and O–H groups in total. The van der Waals surface area contributed by atoms with Gasteiger partial charge in [0.2, 0.25) is 0 Å². The van der Waals surface area contributed by atoms with Gasteiger partial charge in [-0.25, -0.2) is 0 Å². The van der Waals surface area contributed by atoms with E-state index in [1.54, 1.807) is 0 Å². The lowest BCUT2D eigenvalue weighted by Crippen LogP contribution is -2.52. The average molecular weight is 273 g/mol. The summed E-state index contributed by atoms with van der Waals surface area (Å²) < 4.78 is 0. The number of nitrogens with two attached hydrogens (primary N) is 1. The van der Waals surface area contributed by atoms with Gasteiger partial charge < -0.3 is 15.5 Å². The van der Waals surface area contributed by atoms with Crippen molar-refractivity contribution in [1.29, 1.82) is 0 Å². The quantitative estimate of drug-likeness (QED) is 0.907. The van der Waals surface area contributed by atoms with Crippen LogP contribution in [0.3, 0.4) is 0 Å². The zero-order chi connectivity index (χ0) is 14.1. The first-order chi connectivity index (χ1) is 9.65. The Kier molecular flexibility index (Phi) is 4.11. The fraction of sp³-hybridized carbons (Fsp3) is 0.647. The topological polar surface area (TPSA) is 32.5 Å². The molecule has 3 heteroatoms. The number of rotatable bonds is 4. The number of hydrogen-bond donors (Lipinski definition) is 1. The van der Waals surface area contributed by atoms with Crippen LogP contribution in [0.2, 0.25) is 0 Å². The zero-order valence-electron chi connectivity index (χ0n) is 12.7. The van der Waals surface area contributed by atoms with Crippen LogP contribution in [-0.2, 0) is 0 Å². The molecule has 1 heterocycles. The normalized spacial score (nSPS) is 33.0. The SMILES string of the molecule is CN1CCN(C)C(CC(N)C2CC2c2ccccc2)C1. The Balaban J connectivity index is 1.54. The molecule has 0 aromatic heterocycles. The van der Waals surface area contributed by atoms with Crippen LogP contribution in [0.25, 0.3) is 0 Å². The highest BCUT2D eigenvalue weighted by atomic mass is 15.3. The fourth-order valence-corrected chi connectivity index (χ4v) is 3.62. The highest BCUT2D eigenvalue weighted by Gasteiger charge is 2.43. The Morgan fingerprint density at radius 3 is 2.70 bits per heavy atom. The van der Waals surface area contributed by atoms with Gasteiger partial charge in [-0.15, -0.1) is 0 Å². The molecule has 0 radical (unpaired) electrons. The summed E-state index contributed by atoms with van der Waals surface area (Å²) >= 11 is 0. The van der Waals surface area contributed by atoms with Gasteiger partial charge in [0.05, 0.1) is 0 Å². The first-order valence-corrected chi connectivity index (χ1v) is 7.84. The van der Waals surface area contributed by atoms with Crippen LogP contribution in [0.1, 0.15) is 24.3 Å². The summed E-state index contributed by atoms with van der Waals surface area (Å²) in [6.07, 6.45) is 2.41. The lowest BCUT2D eigenvalue weighted by atomic mass is 9.98. The van der Waals surface area contributed by atoms with Gasteiger partial charge in [0.15, 0.2) is 0 Å². The summed E-state index contributed by atoms with van der Waals surface area (Å²) in [5.41, 5.74) is 7.97. The Labute approximate surface area is 122 Å². The Morgan fingerprint density at radius 2 is 1.95 bits per heavy atom. The van der Waals surface area contributed by atoms with Crippen molar-refractivity contribution < 1.29 is 0 Å². The van der Waals surface area contributed by atoms with Gasteiger partial charge in [0, 0.05) is 31.7 Å². The van der Waals surface area contributed by atoms with Gasteiger partial charge in [0.1, 0.15) is 0 Å².